The average Bonchev–Trinajstić information content (AvgIpc) is 3.32. The molecule has 0 radical (unpaired) electrons. The van der Waals surface area contributed by atoms with Crippen molar-refractivity contribution >= 4 is 46.6 Å². The van der Waals surface area contributed by atoms with Crippen LogP contribution >= 0.6 is 23.2 Å². The summed E-state index contributed by atoms with van der Waals surface area (Å²) in [7, 11) is 0. The molecule has 0 aliphatic rings. The molecule has 4 aromatic rings. The Bertz CT molecular complexity index is 1430. The Labute approximate surface area is 238 Å². The smallest absolute Gasteiger partial charge is 0.315 e. The number of rotatable bonds is 8. The summed E-state index contributed by atoms with van der Waals surface area (Å²) >= 11 is 12.4. The minimum Gasteiger partial charge on any atom is -0.315 e. The summed E-state index contributed by atoms with van der Waals surface area (Å²) in [6.07, 6.45) is 0.591. The zero-order valence-electron chi connectivity index (χ0n) is 22.1. The number of carbonyl (C=O) groups is 2. The van der Waals surface area contributed by atoms with Gasteiger partial charge < -0.3 is 15.5 Å². The first kappa shape index (κ1) is 28.2. The van der Waals surface area contributed by atoms with E-state index in [0.717, 1.165) is 11.3 Å². The van der Waals surface area contributed by atoms with Gasteiger partial charge in [0.1, 0.15) is 12.4 Å². The molecule has 1 heterocycles. The molecule has 3 amide bonds. The van der Waals surface area contributed by atoms with Crippen LogP contribution < -0.4 is 10.6 Å². The Balaban J connectivity index is 1.56. The Morgan fingerprint density at radius 1 is 0.897 bits per heavy atom. The van der Waals surface area contributed by atoms with Crippen molar-refractivity contribution in [2.75, 3.05) is 23.7 Å². The highest BCUT2D eigenvalue weighted by atomic mass is 35.5. The number of hydrogen-bond donors (Lipinski definition) is 2. The molecule has 7 nitrogen and oxygen atoms in total. The molecule has 0 fully saturated rings. The van der Waals surface area contributed by atoms with Crippen LogP contribution in [-0.2, 0) is 16.6 Å². The standard InChI is InChI=1S/C30H31Cl2N5O2/c1-30(2,3)26-19-27(37(35-26)25-12-8-7-11-24(25)32)34-28(38)20-36(18-17-21-9-5-4-6-10-21)29(39)33-23-15-13-22(31)14-16-23/h4-16,19H,17-18,20H2,1-3H3,(H,33,39)(H,34,38). The molecule has 0 spiro atoms. The number of aromatic nitrogens is 2. The second kappa shape index (κ2) is 12.4. The van der Waals surface area contributed by atoms with Crippen LogP contribution in [0.4, 0.5) is 16.3 Å². The van der Waals surface area contributed by atoms with Gasteiger partial charge in [0.2, 0.25) is 5.91 Å². The summed E-state index contributed by atoms with van der Waals surface area (Å²) in [5.74, 6) is 0.113. The number of anilines is 2. The van der Waals surface area contributed by atoms with Crippen molar-refractivity contribution < 1.29 is 9.59 Å². The van der Waals surface area contributed by atoms with E-state index in [0.29, 0.717) is 40.2 Å². The van der Waals surface area contributed by atoms with Gasteiger partial charge >= 0.3 is 6.03 Å². The molecule has 39 heavy (non-hydrogen) atoms. The van der Waals surface area contributed by atoms with Crippen molar-refractivity contribution in [3.8, 4) is 5.69 Å². The fourth-order valence-corrected chi connectivity index (χ4v) is 4.24. The van der Waals surface area contributed by atoms with E-state index >= 15 is 0 Å². The Morgan fingerprint density at radius 2 is 1.56 bits per heavy atom. The van der Waals surface area contributed by atoms with E-state index in [4.69, 9.17) is 28.3 Å². The van der Waals surface area contributed by atoms with Crippen LogP contribution in [0.15, 0.2) is 84.9 Å². The first-order valence-electron chi connectivity index (χ1n) is 12.6. The fourth-order valence-electron chi connectivity index (χ4n) is 3.90. The largest absolute Gasteiger partial charge is 0.322 e. The summed E-state index contributed by atoms with van der Waals surface area (Å²) in [5.41, 5.74) is 2.83. The molecule has 2 N–H and O–H groups in total. The molecule has 0 unspecified atom stereocenters. The molecule has 9 heteroatoms. The number of amides is 3. The molecular weight excluding hydrogens is 533 g/mol. The van der Waals surface area contributed by atoms with Gasteiger partial charge in [0.25, 0.3) is 0 Å². The van der Waals surface area contributed by atoms with E-state index in [9.17, 15) is 9.59 Å². The van der Waals surface area contributed by atoms with Crippen molar-refractivity contribution in [2.24, 2.45) is 0 Å². The van der Waals surface area contributed by atoms with E-state index in [-0.39, 0.29) is 17.9 Å². The molecule has 0 atom stereocenters. The maximum absolute atomic E-state index is 13.3. The lowest BCUT2D eigenvalue weighted by atomic mass is 9.92. The van der Waals surface area contributed by atoms with Crippen molar-refractivity contribution in [3.05, 3.63) is 106 Å². The van der Waals surface area contributed by atoms with Crippen LogP contribution in [0.2, 0.25) is 10.0 Å². The third kappa shape index (κ3) is 7.62. The van der Waals surface area contributed by atoms with Crippen molar-refractivity contribution in [1.29, 1.82) is 0 Å². The predicted molar refractivity (Wildman–Crippen MR) is 158 cm³/mol. The van der Waals surface area contributed by atoms with Gasteiger partial charge in [-0.3, -0.25) is 4.79 Å². The molecule has 0 saturated carbocycles. The second-order valence-electron chi connectivity index (χ2n) is 10.2. The monoisotopic (exact) mass is 563 g/mol. The molecule has 3 aromatic carbocycles. The molecule has 0 saturated heterocycles. The second-order valence-corrected chi connectivity index (χ2v) is 11.0. The Hall–Kier alpha value is -3.81. The summed E-state index contributed by atoms with van der Waals surface area (Å²) in [4.78, 5) is 28.1. The Morgan fingerprint density at radius 3 is 2.23 bits per heavy atom. The zero-order valence-corrected chi connectivity index (χ0v) is 23.6. The van der Waals surface area contributed by atoms with Gasteiger partial charge in [-0.05, 0) is 48.4 Å². The summed E-state index contributed by atoms with van der Waals surface area (Å²) in [6, 6.07) is 25.4. The van der Waals surface area contributed by atoms with Gasteiger partial charge in [-0.2, -0.15) is 5.10 Å². The maximum Gasteiger partial charge on any atom is 0.322 e. The number of urea groups is 1. The minimum atomic E-state index is -0.390. The quantitative estimate of drug-likeness (QED) is 0.238. The molecule has 4 rings (SSSR count). The molecule has 0 aliphatic carbocycles. The number of para-hydroxylation sites is 1. The number of carbonyl (C=O) groups excluding carboxylic acids is 2. The van der Waals surface area contributed by atoms with Gasteiger partial charge in [-0.15, -0.1) is 0 Å². The molecule has 202 valence electrons. The number of nitrogens with one attached hydrogen (secondary N) is 2. The van der Waals surface area contributed by atoms with E-state index in [1.165, 1.54) is 4.90 Å². The van der Waals surface area contributed by atoms with E-state index < -0.39 is 6.03 Å². The van der Waals surface area contributed by atoms with Crippen molar-refractivity contribution in [1.82, 2.24) is 14.7 Å². The van der Waals surface area contributed by atoms with Gasteiger partial charge in [-0.1, -0.05) is 86.4 Å². The minimum absolute atomic E-state index is 0.162. The van der Waals surface area contributed by atoms with Crippen LogP contribution in [0.1, 0.15) is 32.0 Å². The van der Waals surface area contributed by atoms with Crippen LogP contribution in [0, 0.1) is 0 Å². The topological polar surface area (TPSA) is 79.3 Å². The first-order chi connectivity index (χ1) is 18.6. The maximum atomic E-state index is 13.3. The SMILES string of the molecule is CC(C)(C)c1cc(NC(=O)CN(CCc2ccccc2)C(=O)Nc2ccc(Cl)cc2)n(-c2ccccc2Cl)n1. The average molecular weight is 565 g/mol. The lowest BCUT2D eigenvalue weighted by molar-refractivity contribution is -0.116. The van der Waals surface area contributed by atoms with E-state index in [1.54, 1.807) is 35.0 Å². The third-order valence-corrected chi connectivity index (χ3v) is 6.63. The molecule has 0 aliphatic heterocycles. The molecular formula is C30H31Cl2N5O2. The number of halogens is 2. The number of hydrogen-bond acceptors (Lipinski definition) is 3. The number of benzene rings is 3. The number of nitrogens with zero attached hydrogens (tertiary/aromatic N) is 3. The lowest BCUT2D eigenvalue weighted by Gasteiger charge is -2.23. The fraction of sp³-hybridized carbons (Fsp3) is 0.233. The van der Waals surface area contributed by atoms with Gasteiger partial charge in [0, 0.05) is 28.7 Å². The van der Waals surface area contributed by atoms with Crippen molar-refractivity contribution in [3.63, 3.8) is 0 Å². The van der Waals surface area contributed by atoms with Gasteiger partial charge in [0.05, 0.1) is 16.4 Å². The van der Waals surface area contributed by atoms with Crippen LogP contribution in [-0.4, -0.2) is 39.7 Å². The summed E-state index contributed by atoms with van der Waals surface area (Å²) in [6.45, 7) is 6.32. The Kier molecular flexibility index (Phi) is 8.94. The normalized spacial score (nSPS) is 11.2. The summed E-state index contributed by atoms with van der Waals surface area (Å²) in [5, 5.41) is 11.6. The highest BCUT2D eigenvalue weighted by Crippen LogP contribution is 2.29. The van der Waals surface area contributed by atoms with Crippen molar-refractivity contribution in [2.45, 2.75) is 32.6 Å². The highest BCUT2D eigenvalue weighted by molar-refractivity contribution is 6.32. The lowest BCUT2D eigenvalue weighted by Crippen LogP contribution is -2.42. The highest BCUT2D eigenvalue weighted by Gasteiger charge is 2.24. The van der Waals surface area contributed by atoms with E-state index in [1.807, 2.05) is 75.4 Å². The van der Waals surface area contributed by atoms with Crippen LogP contribution in [0.3, 0.4) is 0 Å². The predicted octanol–water partition coefficient (Wildman–Crippen LogP) is 7.19. The zero-order chi connectivity index (χ0) is 28.0. The van der Waals surface area contributed by atoms with Crippen LogP contribution in [0.25, 0.3) is 5.69 Å². The first-order valence-corrected chi connectivity index (χ1v) is 13.4. The van der Waals surface area contributed by atoms with Gasteiger partial charge in [0.15, 0.2) is 0 Å². The molecule has 1 aromatic heterocycles. The van der Waals surface area contributed by atoms with Crippen LogP contribution in [0.5, 0.6) is 0 Å². The molecule has 0 bridgehead atoms. The summed E-state index contributed by atoms with van der Waals surface area (Å²) < 4.78 is 1.63. The van der Waals surface area contributed by atoms with Gasteiger partial charge in [-0.25, -0.2) is 9.48 Å². The third-order valence-electron chi connectivity index (χ3n) is 6.06. The van der Waals surface area contributed by atoms with E-state index in [2.05, 4.69) is 10.6 Å².